The Labute approximate surface area is 185 Å². The fraction of sp³-hybridized carbons (Fsp3) is 0.458. The molecule has 8 heteroatoms. The molecule has 32 heavy (non-hydrogen) atoms. The highest BCUT2D eigenvalue weighted by Crippen LogP contribution is 2.34. The van der Waals surface area contributed by atoms with Gasteiger partial charge in [0.1, 0.15) is 23.2 Å². The quantitative estimate of drug-likeness (QED) is 0.663. The van der Waals surface area contributed by atoms with E-state index >= 15 is 0 Å². The number of nitrogens with one attached hydrogen (secondary N) is 2. The van der Waals surface area contributed by atoms with Crippen molar-refractivity contribution >= 4 is 17.6 Å². The Morgan fingerprint density at radius 1 is 1.12 bits per heavy atom. The number of rotatable bonds is 7. The molecule has 0 spiro atoms. The predicted octanol–water partition coefficient (Wildman–Crippen LogP) is 4.45. The van der Waals surface area contributed by atoms with Crippen molar-refractivity contribution in [1.82, 2.24) is 10.3 Å². The third-order valence-corrected chi connectivity index (χ3v) is 6.14. The molecule has 1 aromatic carbocycles. The second-order valence-electron chi connectivity index (χ2n) is 8.66. The van der Waals surface area contributed by atoms with E-state index in [2.05, 4.69) is 15.6 Å². The molecule has 0 aliphatic heterocycles. The summed E-state index contributed by atoms with van der Waals surface area (Å²) in [5.74, 6) is -0.587. The van der Waals surface area contributed by atoms with Gasteiger partial charge in [0.15, 0.2) is 0 Å². The monoisotopic (exact) mass is 443 g/mol. The first-order chi connectivity index (χ1) is 15.4. The molecule has 0 radical (unpaired) electrons. The van der Waals surface area contributed by atoms with Gasteiger partial charge < -0.3 is 15.4 Å². The number of ether oxygens (including phenoxy) is 1. The van der Waals surface area contributed by atoms with Gasteiger partial charge in [-0.1, -0.05) is 6.42 Å². The van der Waals surface area contributed by atoms with Crippen LogP contribution < -0.4 is 15.4 Å². The smallest absolute Gasteiger partial charge is 0.228 e. The van der Waals surface area contributed by atoms with Gasteiger partial charge in [-0.05, 0) is 56.2 Å². The summed E-state index contributed by atoms with van der Waals surface area (Å²) in [5.41, 5.74) is 0.515. The van der Waals surface area contributed by atoms with Crippen LogP contribution in [0.25, 0.3) is 11.1 Å². The molecule has 2 fully saturated rings. The molecule has 0 bridgehead atoms. The largest absolute Gasteiger partial charge is 0.496 e. The number of hydrogen-bond donors (Lipinski definition) is 2. The van der Waals surface area contributed by atoms with E-state index in [1.165, 1.54) is 31.4 Å². The van der Waals surface area contributed by atoms with Crippen LogP contribution in [0, 0.1) is 23.5 Å². The SMILES string of the molecule is COc1cc(F)ccc1-c1cc(NC(=O)[C@H]2CCC[C@@H](NC(=O)CC3CC3)C2)ncc1F. The molecule has 1 aromatic heterocycles. The number of amides is 2. The lowest BCUT2D eigenvalue weighted by molar-refractivity contribution is -0.124. The van der Waals surface area contributed by atoms with E-state index in [0.29, 0.717) is 24.3 Å². The highest BCUT2D eigenvalue weighted by molar-refractivity contribution is 5.92. The lowest BCUT2D eigenvalue weighted by Gasteiger charge is -2.29. The maximum atomic E-state index is 14.5. The zero-order valence-corrected chi connectivity index (χ0v) is 18.0. The molecule has 2 saturated carbocycles. The standard InChI is InChI=1S/C24H27F2N3O3/c1-32-21-11-16(25)7-8-18(21)19-12-22(27-13-20(19)26)29-24(31)15-3-2-4-17(10-15)28-23(30)9-14-5-6-14/h7-8,11-15,17H,2-6,9-10H2,1H3,(H,28,30)(H,27,29,31)/t15-,17+/m0/s1. The predicted molar refractivity (Wildman–Crippen MR) is 116 cm³/mol. The minimum absolute atomic E-state index is 0.00837. The molecular weight excluding hydrogens is 416 g/mol. The second kappa shape index (κ2) is 9.63. The molecule has 2 atom stereocenters. The van der Waals surface area contributed by atoms with Crippen LogP contribution in [-0.4, -0.2) is 29.9 Å². The maximum Gasteiger partial charge on any atom is 0.228 e. The lowest BCUT2D eigenvalue weighted by Crippen LogP contribution is -2.41. The summed E-state index contributed by atoms with van der Waals surface area (Å²) in [5, 5.41) is 5.84. The van der Waals surface area contributed by atoms with Crippen molar-refractivity contribution in [3.8, 4) is 16.9 Å². The molecule has 2 N–H and O–H groups in total. The normalized spacial score (nSPS) is 20.5. The molecule has 0 saturated heterocycles. The number of hydrogen-bond acceptors (Lipinski definition) is 4. The van der Waals surface area contributed by atoms with Crippen LogP contribution in [0.2, 0.25) is 0 Å². The van der Waals surface area contributed by atoms with E-state index in [4.69, 9.17) is 4.74 Å². The number of pyridine rings is 1. The molecule has 2 aliphatic carbocycles. The van der Waals surface area contributed by atoms with Gasteiger partial charge in [0, 0.05) is 35.6 Å². The van der Waals surface area contributed by atoms with E-state index in [1.807, 2.05) is 0 Å². The number of anilines is 1. The van der Waals surface area contributed by atoms with Crippen LogP contribution in [0.15, 0.2) is 30.5 Å². The van der Waals surface area contributed by atoms with Crippen LogP contribution in [0.5, 0.6) is 5.75 Å². The molecule has 2 aromatic rings. The Bertz CT molecular complexity index is 1010. The summed E-state index contributed by atoms with van der Waals surface area (Å²) in [6.45, 7) is 0. The number of carbonyl (C=O) groups excluding carboxylic acids is 2. The van der Waals surface area contributed by atoms with Gasteiger partial charge in [-0.15, -0.1) is 0 Å². The molecule has 2 amide bonds. The van der Waals surface area contributed by atoms with Crippen LogP contribution in [0.3, 0.4) is 0 Å². The Hall–Kier alpha value is -3.03. The lowest BCUT2D eigenvalue weighted by atomic mass is 9.85. The van der Waals surface area contributed by atoms with Gasteiger partial charge in [-0.25, -0.2) is 13.8 Å². The minimum Gasteiger partial charge on any atom is -0.496 e. The first-order valence-corrected chi connectivity index (χ1v) is 11.0. The minimum atomic E-state index is -0.607. The zero-order chi connectivity index (χ0) is 22.7. The second-order valence-corrected chi connectivity index (χ2v) is 8.66. The average Bonchev–Trinajstić information content (AvgIpc) is 3.59. The molecule has 170 valence electrons. The Morgan fingerprint density at radius 3 is 2.69 bits per heavy atom. The Morgan fingerprint density at radius 2 is 1.94 bits per heavy atom. The van der Waals surface area contributed by atoms with Crippen LogP contribution >= 0.6 is 0 Å². The molecule has 2 aliphatic rings. The van der Waals surface area contributed by atoms with Crippen molar-refractivity contribution in [3.05, 3.63) is 42.1 Å². The number of halogens is 2. The number of benzene rings is 1. The van der Waals surface area contributed by atoms with E-state index < -0.39 is 11.6 Å². The highest BCUT2D eigenvalue weighted by atomic mass is 19.1. The van der Waals surface area contributed by atoms with Crippen molar-refractivity contribution in [1.29, 1.82) is 0 Å². The maximum absolute atomic E-state index is 14.5. The molecule has 0 unspecified atom stereocenters. The van der Waals surface area contributed by atoms with Gasteiger partial charge in [-0.3, -0.25) is 9.59 Å². The number of methoxy groups -OCH3 is 1. The first kappa shape index (κ1) is 22.2. The van der Waals surface area contributed by atoms with E-state index in [0.717, 1.165) is 38.3 Å². The van der Waals surface area contributed by atoms with Gasteiger partial charge in [0.25, 0.3) is 0 Å². The van der Waals surface area contributed by atoms with Crippen molar-refractivity contribution in [2.45, 2.75) is 51.0 Å². The topological polar surface area (TPSA) is 80.3 Å². The third-order valence-electron chi connectivity index (χ3n) is 6.14. The molecule has 1 heterocycles. The average molecular weight is 443 g/mol. The third kappa shape index (κ3) is 5.41. The van der Waals surface area contributed by atoms with Gasteiger partial charge in [0.05, 0.1) is 13.3 Å². The molecular formula is C24H27F2N3O3. The van der Waals surface area contributed by atoms with E-state index in [9.17, 15) is 18.4 Å². The van der Waals surface area contributed by atoms with Crippen LogP contribution in [0.1, 0.15) is 44.9 Å². The number of carbonyl (C=O) groups is 2. The van der Waals surface area contributed by atoms with Gasteiger partial charge in [0.2, 0.25) is 11.8 Å². The van der Waals surface area contributed by atoms with Crippen LogP contribution in [0.4, 0.5) is 14.6 Å². The zero-order valence-electron chi connectivity index (χ0n) is 18.0. The molecule has 4 rings (SSSR count). The molecule has 6 nitrogen and oxygen atoms in total. The first-order valence-electron chi connectivity index (χ1n) is 11.0. The number of aromatic nitrogens is 1. The fourth-order valence-electron chi connectivity index (χ4n) is 4.26. The summed E-state index contributed by atoms with van der Waals surface area (Å²) in [6, 6.07) is 5.23. The van der Waals surface area contributed by atoms with Gasteiger partial charge >= 0.3 is 0 Å². The van der Waals surface area contributed by atoms with Crippen molar-refractivity contribution in [2.24, 2.45) is 11.8 Å². The summed E-state index contributed by atoms with van der Waals surface area (Å²) in [7, 11) is 1.38. The summed E-state index contributed by atoms with van der Waals surface area (Å²) >= 11 is 0. The van der Waals surface area contributed by atoms with Crippen molar-refractivity contribution < 1.29 is 23.1 Å². The van der Waals surface area contributed by atoms with Crippen LogP contribution in [-0.2, 0) is 9.59 Å². The Kier molecular flexibility index (Phi) is 6.67. The van der Waals surface area contributed by atoms with Crippen molar-refractivity contribution in [2.75, 3.05) is 12.4 Å². The Balaban J connectivity index is 1.43. The van der Waals surface area contributed by atoms with Gasteiger partial charge in [-0.2, -0.15) is 0 Å². The number of nitrogens with zero attached hydrogens (tertiary/aromatic N) is 1. The van der Waals surface area contributed by atoms with E-state index in [-0.39, 0.29) is 40.9 Å². The van der Waals surface area contributed by atoms with Crippen molar-refractivity contribution in [3.63, 3.8) is 0 Å². The summed E-state index contributed by atoms with van der Waals surface area (Å²) in [4.78, 5) is 29.0. The van der Waals surface area contributed by atoms with E-state index in [1.54, 1.807) is 0 Å². The fourth-order valence-corrected chi connectivity index (χ4v) is 4.26. The summed E-state index contributed by atoms with van der Waals surface area (Å²) < 4.78 is 33.2. The summed E-state index contributed by atoms with van der Waals surface area (Å²) in [6.07, 6.45) is 6.85. The highest BCUT2D eigenvalue weighted by Gasteiger charge is 2.30.